The molecule has 2 fully saturated rings. The van der Waals surface area contributed by atoms with E-state index in [-0.39, 0.29) is 5.91 Å². The molecule has 2 aliphatic heterocycles. The minimum Gasteiger partial charge on any atom is -0.339 e. The Labute approximate surface area is 104 Å². The standard InChI is InChI=1S/C13H25N3O/c1-3-7-13(2,14)12(17)16-8-6-10-4-5-11(9-16)15-10/h10-11,15H,3-9,14H2,1-2H3. The number of amides is 1. The molecule has 3 unspecified atom stereocenters. The summed E-state index contributed by atoms with van der Waals surface area (Å²) in [6.07, 6.45) is 5.26. The summed E-state index contributed by atoms with van der Waals surface area (Å²) in [5.41, 5.74) is 5.46. The minimum atomic E-state index is -0.682. The van der Waals surface area contributed by atoms with E-state index in [1.807, 2.05) is 11.8 Å². The van der Waals surface area contributed by atoms with Gasteiger partial charge in [-0.1, -0.05) is 13.3 Å². The molecule has 0 aromatic carbocycles. The predicted octanol–water partition coefficient (Wildman–Crippen LogP) is 0.857. The number of nitrogens with one attached hydrogen (secondary N) is 1. The molecule has 0 saturated carbocycles. The Kier molecular flexibility index (Phi) is 3.73. The highest BCUT2D eigenvalue weighted by Gasteiger charge is 2.36. The van der Waals surface area contributed by atoms with Crippen LogP contribution in [0.3, 0.4) is 0 Å². The molecule has 2 bridgehead atoms. The number of likely N-dealkylation sites (tertiary alicyclic amines) is 1. The normalized spacial score (nSPS) is 32.1. The first-order valence-electron chi connectivity index (χ1n) is 6.87. The Morgan fingerprint density at radius 3 is 2.82 bits per heavy atom. The van der Waals surface area contributed by atoms with Crippen molar-refractivity contribution >= 4 is 5.91 Å². The van der Waals surface area contributed by atoms with E-state index in [0.717, 1.165) is 32.4 Å². The molecule has 2 heterocycles. The van der Waals surface area contributed by atoms with Crippen LogP contribution in [0.4, 0.5) is 0 Å². The van der Waals surface area contributed by atoms with Gasteiger partial charge in [0, 0.05) is 25.2 Å². The van der Waals surface area contributed by atoms with Gasteiger partial charge in [-0.05, 0) is 32.6 Å². The molecule has 0 aliphatic carbocycles. The third kappa shape index (κ3) is 2.80. The molecular formula is C13H25N3O. The maximum Gasteiger partial charge on any atom is 0.242 e. The smallest absolute Gasteiger partial charge is 0.242 e. The van der Waals surface area contributed by atoms with Crippen LogP contribution in [0.5, 0.6) is 0 Å². The Morgan fingerprint density at radius 1 is 1.41 bits per heavy atom. The van der Waals surface area contributed by atoms with Crippen LogP contribution in [0.25, 0.3) is 0 Å². The van der Waals surface area contributed by atoms with Crippen molar-refractivity contribution in [1.29, 1.82) is 0 Å². The molecule has 4 heteroatoms. The molecule has 0 radical (unpaired) electrons. The van der Waals surface area contributed by atoms with Crippen LogP contribution in [-0.4, -0.2) is 41.5 Å². The van der Waals surface area contributed by atoms with Crippen LogP contribution in [0, 0.1) is 0 Å². The topological polar surface area (TPSA) is 58.4 Å². The Bertz CT molecular complexity index is 290. The van der Waals surface area contributed by atoms with E-state index in [4.69, 9.17) is 5.73 Å². The first kappa shape index (κ1) is 12.8. The van der Waals surface area contributed by atoms with E-state index in [1.54, 1.807) is 0 Å². The van der Waals surface area contributed by atoms with E-state index < -0.39 is 5.54 Å². The van der Waals surface area contributed by atoms with Gasteiger partial charge in [0.1, 0.15) is 0 Å². The van der Waals surface area contributed by atoms with Crippen molar-refractivity contribution in [2.24, 2.45) is 5.73 Å². The number of hydrogen-bond donors (Lipinski definition) is 2. The molecular weight excluding hydrogens is 214 g/mol. The monoisotopic (exact) mass is 239 g/mol. The van der Waals surface area contributed by atoms with Crippen molar-refractivity contribution in [1.82, 2.24) is 10.2 Å². The maximum absolute atomic E-state index is 12.4. The lowest BCUT2D eigenvalue weighted by atomic mass is 9.95. The molecule has 0 spiro atoms. The summed E-state index contributed by atoms with van der Waals surface area (Å²) in [4.78, 5) is 14.4. The van der Waals surface area contributed by atoms with Gasteiger partial charge in [0.05, 0.1) is 5.54 Å². The molecule has 0 aromatic rings. The lowest BCUT2D eigenvalue weighted by Crippen LogP contribution is -2.54. The highest BCUT2D eigenvalue weighted by Crippen LogP contribution is 2.22. The lowest BCUT2D eigenvalue weighted by molar-refractivity contribution is -0.136. The van der Waals surface area contributed by atoms with Crippen LogP contribution in [0.1, 0.15) is 46.0 Å². The third-order valence-electron chi connectivity index (χ3n) is 4.07. The molecule has 0 aromatic heterocycles. The Hall–Kier alpha value is -0.610. The van der Waals surface area contributed by atoms with Gasteiger partial charge in [0.25, 0.3) is 0 Å². The fourth-order valence-electron chi connectivity index (χ4n) is 3.11. The maximum atomic E-state index is 12.4. The largest absolute Gasteiger partial charge is 0.339 e. The summed E-state index contributed by atoms with van der Waals surface area (Å²) in [6.45, 7) is 5.65. The minimum absolute atomic E-state index is 0.133. The fourth-order valence-corrected chi connectivity index (χ4v) is 3.11. The van der Waals surface area contributed by atoms with Gasteiger partial charge < -0.3 is 16.0 Å². The quantitative estimate of drug-likeness (QED) is 0.768. The molecule has 98 valence electrons. The third-order valence-corrected chi connectivity index (χ3v) is 4.07. The van der Waals surface area contributed by atoms with Gasteiger partial charge in [-0.15, -0.1) is 0 Å². The van der Waals surface area contributed by atoms with E-state index in [2.05, 4.69) is 12.2 Å². The second-order valence-corrected chi connectivity index (χ2v) is 5.85. The molecule has 2 rings (SSSR count). The predicted molar refractivity (Wildman–Crippen MR) is 68.6 cm³/mol. The number of rotatable bonds is 3. The number of carbonyl (C=O) groups excluding carboxylic acids is 1. The Morgan fingerprint density at radius 2 is 2.12 bits per heavy atom. The van der Waals surface area contributed by atoms with Crippen molar-refractivity contribution in [3.05, 3.63) is 0 Å². The van der Waals surface area contributed by atoms with Crippen molar-refractivity contribution in [2.75, 3.05) is 13.1 Å². The summed E-state index contributed by atoms with van der Waals surface area (Å²) in [7, 11) is 0. The van der Waals surface area contributed by atoms with Crippen LogP contribution < -0.4 is 11.1 Å². The van der Waals surface area contributed by atoms with E-state index in [1.165, 1.54) is 12.8 Å². The van der Waals surface area contributed by atoms with Crippen LogP contribution in [0.2, 0.25) is 0 Å². The van der Waals surface area contributed by atoms with Crippen LogP contribution in [-0.2, 0) is 4.79 Å². The first-order chi connectivity index (χ1) is 8.03. The van der Waals surface area contributed by atoms with Crippen molar-refractivity contribution in [3.8, 4) is 0 Å². The van der Waals surface area contributed by atoms with Gasteiger partial charge in [-0.25, -0.2) is 0 Å². The van der Waals surface area contributed by atoms with Crippen LogP contribution in [0.15, 0.2) is 0 Å². The highest BCUT2D eigenvalue weighted by atomic mass is 16.2. The molecule has 3 atom stereocenters. The zero-order chi connectivity index (χ0) is 12.5. The van der Waals surface area contributed by atoms with Gasteiger partial charge in [-0.2, -0.15) is 0 Å². The number of hydrogen-bond acceptors (Lipinski definition) is 3. The number of nitrogens with zero attached hydrogens (tertiary/aromatic N) is 1. The molecule has 1 amide bonds. The van der Waals surface area contributed by atoms with Gasteiger partial charge in [0.15, 0.2) is 0 Å². The second kappa shape index (κ2) is 4.94. The van der Waals surface area contributed by atoms with Crippen molar-refractivity contribution in [2.45, 2.75) is 63.6 Å². The van der Waals surface area contributed by atoms with E-state index in [9.17, 15) is 4.79 Å². The van der Waals surface area contributed by atoms with Crippen LogP contribution >= 0.6 is 0 Å². The number of fused-ring (bicyclic) bond motifs is 2. The highest BCUT2D eigenvalue weighted by molar-refractivity contribution is 5.85. The molecule has 2 aliphatic rings. The van der Waals surface area contributed by atoms with E-state index >= 15 is 0 Å². The summed E-state index contributed by atoms with van der Waals surface area (Å²) in [6, 6.07) is 1.11. The van der Waals surface area contributed by atoms with E-state index in [0.29, 0.717) is 12.1 Å². The van der Waals surface area contributed by atoms with Crippen molar-refractivity contribution < 1.29 is 4.79 Å². The van der Waals surface area contributed by atoms with Gasteiger partial charge in [0.2, 0.25) is 5.91 Å². The average Bonchev–Trinajstić information content (AvgIpc) is 2.57. The molecule has 3 N–H and O–H groups in total. The zero-order valence-corrected chi connectivity index (χ0v) is 11.0. The number of carbonyl (C=O) groups is 1. The van der Waals surface area contributed by atoms with Crippen molar-refractivity contribution in [3.63, 3.8) is 0 Å². The number of nitrogens with two attached hydrogens (primary N) is 1. The molecule has 17 heavy (non-hydrogen) atoms. The first-order valence-corrected chi connectivity index (χ1v) is 6.87. The lowest BCUT2D eigenvalue weighted by Gasteiger charge is -2.32. The summed E-state index contributed by atoms with van der Waals surface area (Å²) >= 11 is 0. The Balaban J connectivity index is 1.99. The zero-order valence-electron chi connectivity index (χ0n) is 11.0. The summed E-state index contributed by atoms with van der Waals surface area (Å²) in [5, 5.41) is 3.59. The average molecular weight is 239 g/mol. The fraction of sp³-hybridized carbons (Fsp3) is 0.923. The molecule has 4 nitrogen and oxygen atoms in total. The second-order valence-electron chi connectivity index (χ2n) is 5.85. The molecule has 2 saturated heterocycles. The summed E-state index contributed by atoms with van der Waals surface area (Å²) < 4.78 is 0. The summed E-state index contributed by atoms with van der Waals surface area (Å²) in [5.74, 6) is 0.133. The van der Waals surface area contributed by atoms with Gasteiger partial charge >= 0.3 is 0 Å². The van der Waals surface area contributed by atoms with Gasteiger partial charge in [-0.3, -0.25) is 4.79 Å². The SMILES string of the molecule is CCCC(C)(N)C(=O)N1CCC2CCC(C1)N2.